The first kappa shape index (κ1) is 37.8. The van der Waals surface area contributed by atoms with Gasteiger partial charge in [-0.3, -0.25) is 19.8 Å². The number of methoxy groups -OCH3 is 1. The summed E-state index contributed by atoms with van der Waals surface area (Å²) in [6.45, 7) is 6.19. The van der Waals surface area contributed by atoms with Crippen molar-refractivity contribution in [2.24, 2.45) is 5.16 Å². The largest absolute Gasteiger partial charge is 0.541 e. The van der Waals surface area contributed by atoms with E-state index in [-0.39, 0.29) is 39.1 Å². The van der Waals surface area contributed by atoms with Crippen molar-refractivity contribution in [3.63, 3.8) is 0 Å². The molecule has 3 atom stereocenters. The third-order valence-electron chi connectivity index (χ3n) is 6.60. The highest BCUT2D eigenvalue weighted by molar-refractivity contribution is 8.00. The maximum absolute atomic E-state index is 13.6. The molecule has 2 aromatic rings. The van der Waals surface area contributed by atoms with Crippen LogP contribution in [0.1, 0.15) is 39.0 Å². The van der Waals surface area contributed by atoms with Gasteiger partial charge in [0, 0.05) is 11.6 Å². The first-order valence-electron chi connectivity index (χ1n) is 14.3. The second-order valence-corrected chi connectivity index (χ2v) is 14.2. The zero-order valence-electron chi connectivity index (χ0n) is 26.7. The van der Waals surface area contributed by atoms with E-state index in [1.165, 1.54) is 30.7 Å². The van der Waals surface area contributed by atoms with Crippen LogP contribution >= 0.6 is 46.3 Å². The summed E-state index contributed by atoms with van der Waals surface area (Å²) in [5, 5.41) is 8.00. The number of carbonyl (C=O) groups is 5. The summed E-state index contributed by atoms with van der Waals surface area (Å²) in [5.74, 6) is -2.48. The van der Waals surface area contributed by atoms with E-state index in [0.29, 0.717) is 16.9 Å². The Labute approximate surface area is 300 Å². The normalized spacial score (nSPS) is 18.1. The van der Waals surface area contributed by atoms with Crippen molar-refractivity contribution in [2.75, 3.05) is 24.1 Å². The Balaban J connectivity index is 1.53. The van der Waals surface area contributed by atoms with Crippen molar-refractivity contribution in [2.45, 2.75) is 57.4 Å². The van der Waals surface area contributed by atoms with Crippen LogP contribution in [-0.4, -0.2) is 95.4 Å². The number of rotatable bonds is 12. The van der Waals surface area contributed by atoms with Gasteiger partial charge in [0.25, 0.3) is 11.8 Å². The molecule has 2 unspecified atom stereocenters. The molecule has 20 heteroatoms. The predicted octanol–water partition coefficient (Wildman–Crippen LogP) is 3.52. The number of nitrogens with one attached hydrogen (secondary N) is 2. The number of alkyl halides is 1. The lowest BCUT2D eigenvalue weighted by atomic mass is 10.0. The van der Waals surface area contributed by atoms with Crippen molar-refractivity contribution in [3.8, 4) is 5.75 Å². The molecular weight excluding hydrogens is 724 g/mol. The Morgan fingerprint density at radius 2 is 1.90 bits per heavy atom. The number of hydrogen-bond acceptors (Lipinski definition) is 14. The average Bonchev–Trinajstić information content (AvgIpc) is 3.42. The van der Waals surface area contributed by atoms with Crippen LogP contribution in [0.3, 0.4) is 0 Å². The molecule has 260 valence electrons. The zero-order valence-corrected chi connectivity index (χ0v) is 29.9. The number of benzene rings is 1. The molecule has 4 rings (SSSR count). The van der Waals surface area contributed by atoms with Crippen LogP contribution in [0, 0.1) is 0 Å². The fraction of sp³-hybridized carbons (Fsp3) is 0.414. The third kappa shape index (κ3) is 9.17. The predicted molar refractivity (Wildman–Crippen MR) is 181 cm³/mol. The maximum atomic E-state index is 13.6. The number of fused-ring (bicyclic) bond motifs is 1. The summed E-state index contributed by atoms with van der Waals surface area (Å²) < 4.78 is 19.9. The number of anilines is 1. The van der Waals surface area contributed by atoms with Crippen molar-refractivity contribution in [1.82, 2.24) is 15.2 Å². The number of halogens is 2. The highest BCUT2D eigenvalue weighted by atomic mass is 35.5. The smallest absolute Gasteiger partial charge is 0.413 e. The van der Waals surface area contributed by atoms with Crippen LogP contribution in [0.15, 0.2) is 40.7 Å². The van der Waals surface area contributed by atoms with Gasteiger partial charge in [-0.25, -0.2) is 19.4 Å². The molecule has 0 aliphatic carbocycles. The van der Waals surface area contributed by atoms with Gasteiger partial charge in [0.15, 0.2) is 10.8 Å². The van der Waals surface area contributed by atoms with Gasteiger partial charge in [0.2, 0.25) is 6.10 Å². The van der Waals surface area contributed by atoms with Crippen LogP contribution in [-0.2, 0) is 44.8 Å². The minimum Gasteiger partial charge on any atom is -0.541 e. The van der Waals surface area contributed by atoms with Gasteiger partial charge >= 0.3 is 26.1 Å². The lowest BCUT2D eigenvalue weighted by Crippen LogP contribution is -2.71. The highest BCUT2D eigenvalue weighted by Crippen LogP contribution is 2.41. The molecule has 1 aromatic heterocycles. The number of carbonyl (C=O) groups excluding carboxylic acids is 5. The summed E-state index contributed by atoms with van der Waals surface area (Å²) in [7, 11) is 6.45. The van der Waals surface area contributed by atoms with E-state index in [1.807, 2.05) is 0 Å². The number of hydrogen-bond donors (Lipinski definition) is 2. The van der Waals surface area contributed by atoms with Crippen molar-refractivity contribution >= 4 is 95.0 Å². The molecule has 3 amide bonds. The molecule has 2 aliphatic heterocycles. The fourth-order valence-electron chi connectivity index (χ4n) is 4.28. The Hall–Kier alpha value is -4.00. The van der Waals surface area contributed by atoms with E-state index in [2.05, 4.69) is 25.4 Å². The molecule has 2 radical (unpaired) electrons. The Morgan fingerprint density at radius 3 is 2.51 bits per heavy atom. The minimum atomic E-state index is -1.36. The molecule has 1 fully saturated rings. The summed E-state index contributed by atoms with van der Waals surface area (Å²) in [5.41, 5.74) is -0.424. The van der Waals surface area contributed by atoms with E-state index in [4.69, 9.17) is 50.3 Å². The summed E-state index contributed by atoms with van der Waals surface area (Å²) in [6.07, 6.45) is -2.19. The number of ether oxygens (including phenoxy) is 3. The molecule has 3 heterocycles. The lowest BCUT2D eigenvalue weighted by molar-refractivity contribution is -0.153. The van der Waals surface area contributed by atoms with Crippen molar-refractivity contribution in [3.05, 3.63) is 51.1 Å². The number of thioether (sulfide) groups is 1. The van der Waals surface area contributed by atoms with Crippen LogP contribution in [0.25, 0.3) is 0 Å². The number of esters is 1. The molecule has 0 saturated carbocycles. The van der Waals surface area contributed by atoms with Crippen LogP contribution in [0.4, 0.5) is 9.93 Å². The van der Waals surface area contributed by atoms with Gasteiger partial charge in [0.05, 0.1) is 7.11 Å². The molecule has 0 spiro atoms. The first-order chi connectivity index (χ1) is 23.2. The van der Waals surface area contributed by atoms with Gasteiger partial charge < -0.3 is 29.0 Å². The molecule has 2 aliphatic rings. The third-order valence-corrected chi connectivity index (χ3v) is 9.43. The molecule has 49 heavy (non-hydrogen) atoms. The fourth-order valence-corrected chi connectivity index (χ4v) is 6.99. The van der Waals surface area contributed by atoms with Gasteiger partial charge in [0.1, 0.15) is 45.1 Å². The minimum absolute atomic E-state index is 0.00508. The van der Waals surface area contributed by atoms with Gasteiger partial charge in [-0.1, -0.05) is 40.2 Å². The Morgan fingerprint density at radius 1 is 1.20 bits per heavy atom. The quantitative estimate of drug-likeness (QED) is 0.0804. The number of amides is 3. The summed E-state index contributed by atoms with van der Waals surface area (Å²) in [6, 6.07) is 5.77. The number of thiazole rings is 1. The number of nitrogens with zero attached hydrogens (tertiary/aromatic N) is 3. The van der Waals surface area contributed by atoms with Gasteiger partial charge in [-0.05, 0) is 51.0 Å². The van der Waals surface area contributed by atoms with Crippen molar-refractivity contribution in [1.29, 1.82) is 0 Å². The topological polar surface area (TPSA) is 184 Å². The Bertz CT molecular complexity index is 1680. The van der Waals surface area contributed by atoms with Gasteiger partial charge in [-0.15, -0.1) is 23.4 Å². The van der Waals surface area contributed by atoms with Crippen LogP contribution in [0.5, 0.6) is 5.75 Å². The average molecular weight is 754 g/mol. The highest BCUT2D eigenvalue weighted by Gasteiger charge is 2.54. The summed E-state index contributed by atoms with van der Waals surface area (Å²) in [4.78, 5) is 75.0. The maximum Gasteiger partial charge on any atom is 0.413 e. The van der Waals surface area contributed by atoms with E-state index in [1.54, 1.807) is 45.0 Å². The van der Waals surface area contributed by atoms with E-state index < -0.39 is 58.7 Å². The monoisotopic (exact) mass is 753 g/mol. The first-order valence-corrected chi connectivity index (χ1v) is 17.1. The number of β-lactam (4-membered cyclic amide) rings is 1. The molecule has 1 aromatic carbocycles. The Kier molecular flexibility index (Phi) is 12.5. The zero-order chi connectivity index (χ0) is 36.0. The molecule has 1 saturated heterocycles. The molecule has 15 nitrogen and oxygen atoms in total. The standard InChI is InChI=1S/C29H30BCl2N5O10S2/c1-13(25(40)46-30)47-36-18(17-21(32)49-27(34-17)35-28(42)45-29(2,3)4)22(38)33-19-23(39)37-20(15(10-31)12-48-24(19)37)26(41)44-11-14-6-8-16(43-5)9-7-14/h6-9,13,19,24H,10-12H2,1-5H3,(H,33,38)(H,34,35,42)/b36-18-/t13-,19?,24?/m1/s1. The summed E-state index contributed by atoms with van der Waals surface area (Å²) >= 11 is 14.6. The van der Waals surface area contributed by atoms with E-state index in [9.17, 15) is 24.0 Å². The van der Waals surface area contributed by atoms with E-state index >= 15 is 0 Å². The molecular formula is C29H30BCl2N5O10S2. The second-order valence-electron chi connectivity index (χ2n) is 11.3. The lowest BCUT2D eigenvalue weighted by Gasteiger charge is -2.49. The molecule has 0 bridgehead atoms. The van der Waals surface area contributed by atoms with Crippen LogP contribution < -0.4 is 15.4 Å². The number of aromatic nitrogens is 1. The van der Waals surface area contributed by atoms with Crippen molar-refractivity contribution < 1.29 is 47.7 Å². The second kappa shape index (κ2) is 16.1. The molecule has 2 N–H and O–H groups in total. The van der Waals surface area contributed by atoms with Gasteiger partial charge in [-0.2, -0.15) is 0 Å². The SMILES string of the molecule is [B]OC(=O)[C@@H](C)O/N=C(\C(=O)NC1C(=O)N2C(C(=O)OCc3ccc(OC)cc3)=C(CCl)CSC12)c1nc(NC(=O)OC(C)(C)C)sc1Cl. The van der Waals surface area contributed by atoms with E-state index in [0.717, 1.165) is 11.3 Å². The number of oxime groups is 1. The van der Waals surface area contributed by atoms with Crippen LogP contribution in [0.2, 0.25) is 4.34 Å².